The van der Waals surface area contributed by atoms with Crippen molar-refractivity contribution in [2.45, 2.75) is 99.1 Å². The minimum absolute atomic E-state index is 0.0170. The largest absolute Gasteiger partial charge is 0.507 e. The van der Waals surface area contributed by atoms with E-state index in [0.29, 0.717) is 12.1 Å². The molecule has 0 spiro atoms. The molecule has 8 rings (SSSR count). The summed E-state index contributed by atoms with van der Waals surface area (Å²) in [5.41, 5.74) is -1.64. The van der Waals surface area contributed by atoms with Crippen molar-refractivity contribution in [1.29, 1.82) is 0 Å². The molecule has 9 atom stereocenters. The highest BCUT2D eigenvalue weighted by molar-refractivity contribution is 6.24. The van der Waals surface area contributed by atoms with E-state index in [1.54, 1.807) is 55.2 Å². The van der Waals surface area contributed by atoms with Gasteiger partial charge in [0.25, 0.3) is 11.7 Å². The Balaban J connectivity index is 1.30. The number of hydrogen-bond acceptors (Lipinski definition) is 17. The van der Waals surface area contributed by atoms with Gasteiger partial charge in [-0.15, -0.1) is 0 Å². The van der Waals surface area contributed by atoms with Gasteiger partial charge in [-0.3, -0.25) is 24.2 Å². The number of piperazine rings is 1. The summed E-state index contributed by atoms with van der Waals surface area (Å²) in [6.45, 7) is 15.0. The molecule has 75 heavy (non-hydrogen) atoms. The number of pyridine rings is 1. The molecule has 4 aliphatic heterocycles. The smallest absolute Gasteiger partial charge is 0.341 e. The highest BCUT2D eigenvalue weighted by Gasteiger charge is 2.50. The number of fused-ring (bicyclic) bond motifs is 15. The fraction of sp³-hybridized carbons (Fsp3) is 0.444. The van der Waals surface area contributed by atoms with Gasteiger partial charge in [-0.1, -0.05) is 45.9 Å². The average Bonchev–Trinajstić information content (AvgIpc) is 3.64. The van der Waals surface area contributed by atoms with Crippen LogP contribution in [0.15, 0.2) is 64.4 Å². The number of hydrazone groups is 1. The van der Waals surface area contributed by atoms with Gasteiger partial charge in [0.15, 0.2) is 5.75 Å². The lowest BCUT2D eigenvalue weighted by atomic mass is 9.78. The molecule has 0 aliphatic carbocycles. The Kier molecular flexibility index (Phi) is 16.0. The van der Waals surface area contributed by atoms with Crippen molar-refractivity contribution in [1.82, 2.24) is 9.58 Å². The number of rotatable bonds is 7. The average molecular weight is 1040 g/mol. The molecule has 0 saturated carbocycles. The number of hydrogen-bond donors (Lipinski definition) is 7. The number of amides is 1. The molecule has 1 saturated heterocycles. The molecule has 0 unspecified atom stereocenters. The zero-order valence-electron chi connectivity index (χ0n) is 43.4. The van der Waals surface area contributed by atoms with Crippen LogP contribution in [0.1, 0.15) is 87.2 Å². The standard InChI is InChI=1S/C54H64FN5O15/c1-11-58-24-34(53(70)71)46(65)32-21-35(55)37(22-36(32)58)59-16-18-60(19-17-59)56-23-33-42-48(67)40-39(47(33)66)41-50(30(7)45(40)64)75-54(9,51(41)68)73-20-15-38(72-10)27(4)49(74-31(8)61)29(6)44(63)28(5)43(62)25(2)13-12-14-26(3)52(69)57-42/h12-15,20-25,27-29,38,43-44,49,62-64,66-67H,11,16-19H2,1-10H3,(H,57,69)(H,70,71)/b13-12+,20-15+,26-14-,56-23+/t25-,27+,28+,29+,38-,43-,44+,49+,54-/m0/s1. The van der Waals surface area contributed by atoms with Crippen LogP contribution in [0.3, 0.4) is 0 Å². The number of phenolic OH excluding ortho intramolecular Hbond substituents is 3. The number of halogens is 1. The minimum Gasteiger partial charge on any atom is -0.507 e. The number of aliphatic hydroxyl groups is 2. The van der Waals surface area contributed by atoms with E-state index in [9.17, 15) is 54.6 Å². The molecule has 20 nitrogen and oxygen atoms in total. The van der Waals surface area contributed by atoms with E-state index >= 15 is 4.39 Å². The van der Waals surface area contributed by atoms with Gasteiger partial charge < -0.3 is 64.4 Å². The number of allylic oxidation sites excluding steroid dienone is 2. The lowest BCUT2D eigenvalue weighted by Gasteiger charge is -2.38. The summed E-state index contributed by atoms with van der Waals surface area (Å²) in [7, 11) is 1.41. The second-order valence-electron chi connectivity index (χ2n) is 19.6. The van der Waals surface area contributed by atoms with E-state index in [2.05, 4.69) is 10.4 Å². The summed E-state index contributed by atoms with van der Waals surface area (Å²) >= 11 is 0. The Bertz CT molecular complexity index is 3140. The number of anilines is 2. The number of ketones is 1. The molecular weight excluding hydrogens is 978 g/mol. The number of phenols is 3. The Hall–Kier alpha value is -7.49. The summed E-state index contributed by atoms with van der Waals surface area (Å²) in [5, 5.41) is 76.9. The maximum absolute atomic E-state index is 15.8. The van der Waals surface area contributed by atoms with E-state index in [1.165, 1.54) is 65.3 Å². The summed E-state index contributed by atoms with van der Waals surface area (Å²) in [4.78, 5) is 67.6. The second kappa shape index (κ2) is 21.8. The quantitative estimate of drug-likeness (QED) is 0.0478. The number of carboxylic acid groups (broad SMARTS) is 1. The number of carbonyl (C=O) groups excluding carboxylic acids is 3. The maximum Gasteiger partial charge on any atom is 0.341 e. The minimum atomic E-state index is -2.14. The molecule has 0 radical (unpaired) electrons. The van der Waals surface area contributed by atoms with Gasteiger partial charge in [-0.05, 0) is 39.0 Å². The molecule has 3 aromatic carbocycles. The summed E-state index contributed by atoms with van der Waals surface area (Å²) < 4.78 is 41.0. The maximum atomic E-state index is 15.8. The van der Waals surface area contributed by atoms with E-state index in [1.807, 2.05) is 0 Å². The van der Waals surface area contributed by atoms with Crippen LogP contribution in [0.2, 0.25) is 0 Å². The zero-order valence-corrected chi connectivity index (χ0v) is 43.4. The SMILES string of the molecule is CCn1cc(C(=O)O)c(=O)c2cc(F)c(N3CCN(/N=C/c4c5c(O)c6c(O)c(C)c7c(c6c4O)C(=O)[C@@](C)(O/C=C/[C@H](OC)[C@@H](C)[C@@H](OC(C)=O)[C@H](C)[C@H](O)[C@H](C)[C@@H](O)[C@@H](C)/C=C/C=C(/C)C(=O)N5)O7)CC3)cc21. The van der Waals surface area contributed by atoms with Crippen molar-refractivity contribution in [3.63, 3.8) is 0 Å². The molecule has 7 N–H and O–H groups in total. The molecule has 1 amide bonds. The molecule has 402 valence electrons. The first-order chi connectivity index (χ1) is 35.4. The first kappa shape index (κ1) is 55.3. The molecule has 5 heterocycles. The number of aliphatic hydroxyl groups excluding tert-OH is 2. The van der Waals surface area contributed by atoms with Crippen LogP contribution in [0.25, 0.3) is 21.7 Å². The van der Waals surface area contributed by atoms with Crippen LogP contribution < -0.4 is 20.4 Å². The van der Waals surface area contributed by atoms with Crippen molar-refractivity contribution in [3.8, 4) is 23.0 Å². The van der Waals surface area contributed by atoms with Crippen molar-refractivity contribution in [2.75, 3.05) is 43.5 Å². The van der Waals surface area contributed by atoms with Gasteiger partial charge in [0, 0.05) is 92.4 Å². The number of carboxylic acids is 1. The Morgan fingerprint density at radius 2 is 1.63 bits per heavy atom. The number of nitrogens with one attached hydrogen (secondary N) is 1. The molecule has 5 bridgehead atoms. The van der Waals surface area contributed by atoms with Gasteiger partial charge in [0.1, 0.15) is 34.7 Å². The van der Waals surface area contributed by atoms with Crippen molar-refractivity contribution in [3.05, 3.63) is 92.8 Å². The topological polar surface area (TPSA) is 279 Å². The monoisotopic (exact) mass is 1040 g/mol. The van der Waals surface area contributed by atoms with Crippen LogP contribution in [0, 0.1) is 36.4 Å². The van der Waals surface area contributed by atoms with Crippen LogP contribution in [-0.4, -0.2) is 134 Å². The van der Waals surface area contributed by atoms with Crippen LogP contribution in [-0.2, 0) is 30.3 Å². The van der Waals surface area contributed by atoms with Gasteiger partial charge in [0.2, 0.25) is 5.43 Å². The number of esters is 1. The van der Waals surface area contributed by atoms with Crippen molar-refractivity contribution >= 4 is 62.9 Å². The second-order valence-corrected chi connectivity index (χ2v) is 19.6. The highest BCUT2D eigenvalue weighted by Crippen LogP contribution is 2.55. The van der Waals surface area contributed by atoms with Gasteiger partial charge in [-0.25, -0.2) is 9.18 Å². The van der Waals surface area contributed by atoms with Crippen LogP contribution >= 0.6 is 0 Å². The molecule has 4 aliphatic rings. The number of benzene rings is 3. The summed E-state index contributed by atoms with van der Waals surface area (Å²) in [6.07, 6.45) is 5.51. The molecule has 4 aromatic rings. The van der Waals surface area contributed by atoms with Crippen LogP contribution in [0.5, 0.6) is 23.0 Å². The fourth-order valence-electron chi connectivity index (χ4n) is 10.1. The van der Waals surface area contributed by atoms with E-state index in [4.69, 9.17) is 18.9 Å². The number of aryl methyl sites for hydroxylation is 1. The van der Waals surface area contributed by atoms with Gasteiger partial charge >= 0.3 is 17.7 Å². The Labute approximate surface area is 431 Å². The van der Waals surface area contributed by atoms with E-state index in [0.717, 1.165) is 18.5 Å². The predicted octanol–water partition coefficient (Wildman–Crippen LogP) is 6.08. The molecule has 1 aromatic heterocycles. The third-order valence-corrected chi connectivity index (χ3v) is 14.7. The number of carbonyl (C=O) groups is 4. The first-order valence-electron chi connectivity index (χ1n) is 24.6. The van der Waals surface area contributed by atoms with E-state index in [-0.39, 0.29) is 76.3 Å². The molecular formula is C54H64FN5O15. The van der Waals surface area contributed by atoms with Crippen molar-refractivity contribution in [2.24, 2.45) is 28.8 Å². The number of Topliss-reactive ketones (excluding diaryl/α,β-unsaturated/α-hetero) is 1. The number of aromatic hydroxyl groups is 3. The zero-order chi connectivity index (χ0) is 55.1. The third kappa shape index (κ3) is 10.4. The number of aromatic nitrogens is 1. The fourth-order valence-corrected chi connectivity index (χ4v) is 10.1. The number of ether oxygens (including phenoxy) is 4. The Morgan fingerprint density at radius 1 is 0.947 bits per heavy atom. The predicted molar refractivity (Wildman–Crippen MR) is 276 cm³/mol. The summed E-state index contributed by atoms with van der Waals surface area (Å²) in [5.74, 6) is -11.4. The number of methoxy groups -OCH3 is 1. The Morgan fingerprint density at radius 3 is 2.25 bits per heavy atom. The highest BCUT2D eigenvalue weighted by atomic mass is 19.1. The lowest BCUT2D eigenvalue weighted by molar-refractivity contribution is -0.160. The molecule has 21 heteroatoms. The van der Waals surface area contributed by atoms with Crippen molar-refractivity contribution < 1.29 is 73.2 Å². The number of aromatic carboxylic acids is 1. The normalized spacial score (nSPS) is 27.5. The third-order valence-electron chi connectivity index (χ3n) is 14.7. The number of nitrogens with zero attached hydrogens (tertiary/aromatic N) is 4. The van der Waals surface area contributed by atoms with Gasteiger partial charge in [0.05, 0.1) is 77.3 Å². The van der Waals surface area contributed by atoms with Crippen LogP contribution in [0.4, 0.5) is 15.8 Å². The molecule has 1 fully saturated rings. The van der Waals surface area contributed by atoms with E-state index < -0.39 is 117 Å². The first-order valence-corrected chi connectivity index (χ1v) is 24.6. The van der Waals surface area contributed by atoms with Gasteiger partial charge in [-0.2, -0.15) is 5.10 Å². The summed E-state index contributed by atoms with van der Waals surface area (Å²) in [6, 6.07) is 2.53. The lowest BCUT2D eigenvalue weighted by Crippen LogP contribution is -2.46.